The molecule has 0 amide bonds. The van der Waals surface area contributed by atoms with Crippen molar-refractivity contribution in [2.75, 3.05) is 19.8 Å². The van der Waals surface area contributed by atoms with Crippen LogP contribution in [-0.2, 0) is 19.1 Å². The molecule has 0 radical (unpaired) electrons. The van der Waals surface area contributed by atoms with Crippen molar-refractivity contribution in [2.24, 2.45) is 10.8 Å². The van der Waals surface area contributed by atoms with E-state index in [9.17, 15) is 24.6 Å². The highest BCUT2D eigenvalue weighted by atomic mass is 16.5. The second-order valence-corrected chi connectivity index (χ2v) is 5.92. The average Bonchev–Trinajstić information content (AvgIpc) is 2.63. The molecule has 0 unspecified atom stereocenters. The first-order valence-electron chi connectivity index (χ1n) is 8.10. The minimum atomic E-state index is -1.21. The monoisotopic (exact) mass is 370 g/mol. The molecule has 8 heteroatoms. The Bertz CT molecular complexity index is 537. The van der Waals surface area contributed by atoms with Gasteiger partial charge in [0.15, 0.2) is 0 Å². The lowest BCUT2D eigenvalue weighted by Crippen LogP contribution is -2.35. The summed E-state index contributed by atoms with van der Waals surface area (Å²) in [6.45, 7) is 2.56. The first-order valence-corrected chi connectivity index (χ1v) is 8.10. The van der Waals surface area contributed by atoms with E-state index >= 15 is 0 Å². The second kappa shape index (κ2) is 11.2. The molecule has 26 heavy (non-hydrogen) atoms. The molecule has 0 heterocycles. The Morgan fingerprint density at radius 1 is 0.846 bits per heavy atom. The maximum absolute atomic E-state index is 11.9. The maximum Gasteiger partial charge on any atom is 0.330 e. The third-order valence-electron chi connectivity index (χ3n) is 4.16. The SMILES string of the molecule is CCC(C=CC(=O)O)(C=CC(=O)O)C=CC(=O)OCC(CC)(CO)CO. The van der Waals surface area contributed by atoms with E-state index in [0.717, 1.165) is 18.2 Å². The Hall–Kier alpha value is -2.45. The normalized spacial score (nSPS) is 14.8. The summed E-state index contributed by atoms with van der Waals surface area (Å²) in [6.07, 6.45) is 7.40. The number of carbonyl (C=O) groups is 3. The third-order valence-corrected chi connectivity index (χ3v) is 4.16. The first kappa shape index (κ1) is 23.5. The molecular formula is C18H26O8. The van der Waals surface area contributed by atoms with Gasteiger partial charge in [0.25, 0.3) is 0 Å². The van der Waals surface area contributed by atoms with Gasteiger partial charge in [-0.05, 0) is 12.8 Å². The van der Waals surface area contributed by atoms with Crippen molar-refractivity contribution < 1.29 is 39.5 Å². The van der Waals surface area contributed by atoms with Crippen LogP contribution in [0.3, 0.4) is 0 Å². The van der Waals surface area contributed by atoms with Crippen LogP contribution >= 0.6 is 0 Å². The first-order chi connectivity index (χ1) is 12.2. The number of esters is 1. The van der Waals surface area contributed by atoms with Crippen molar-refractivity contribution >= 4 is 17.9 Å². The molecule has 0 saturated carbocycles. The van der Waals surface area contributed by atoms with Crippen molar-refractivity contribution in [2.45, 2.75) is 26.7 Å². The Morgan fingerprint density at radius 3 is 1.65 bits per heavy atom. The zero-order valence-corrected chi connectivity index (χ0v) is 14.9. The number of carboxylic acid groups (broad SMARTS) is 2. The summed E-state index contributed by atoms with van der Waals surface area (Å²) in [5.74, 6) is -3.17. The molecule has 0 aromatic rings. The van der Waals surface area contributed by atoms with Gasteiger partial charge in [-0.25, -0.2) is 14.4 Å². The van der Waals surface area contributed by atoms with E-state index in [4.69, 9.17) is 14.9 Å². The van der Waals surface area contributed by atoms with Gasteiger partial charge in [-0.2, -0.15) is 0 Å². The van der Waals surface area contributed by atoms with Crippen LogP contribution in [-0.4, -0.2) is 58.2 Å². The number of carboxylic acids is 2. The minimum Gasteiger partial charge on any atom is -0.478 e. The molecule has 0 aromatic heterocycles. The van der Waals surface area contributed by atoms with Crippen LogP contribution in [0.4, 0.5) is 0 Å². The number of aliphatic hydroxyl groups excluding tert-OH is 2. The van der Waals surface area contributed by atoms with Gasteiger partial charge in [-0.1, -0.05) is 32.1 Å². The maximum atomic E-state index is 11.9. The van der Waals surface area contributed by atoms with Crippen molar-refractivity contribution in [3.05, 3.63) is 36.5 Å². The summed E-state index contributed by atoms with van der Waals surface area (Å²) in [5.41, 5.74) is -2.02. The summed E-state index contributed by atoms with van der Waals surface area (Å²) >= 11 is 0. The van der Waals surface area contributed by atoms with E-state index < -0.39 is 28.7 Å². The molecule has 0 aliphatic heterocycles. The highest BCUT2D eigenvalue weighted by Crippen LogP contribution is 2.28. The van der Waals surface area contributed by atoms with E-state index in [1.165, 1.54) is 18.2 Å². The fourth-order valence-electron chi connectivity index (χ4n) is 1.94. The third kappa shape index (κ3) is 8.09. The molecule has 0 rings (SSSR count). The molecule has 146 valence electrons. The fourth-order valence-corrected chi connectivity index (χ4v) is 1.94. The number of aliphatic hydroxyl groups is 2. The lowest BCUT2D eigenvalue weighted by molar-refractivity contribution is -0.144. The number of hydrogen-bond donors (Lipinski definition) is 4. The van der Waals surface area contributed by atoms with Crippen LogP contribution in [0.2, 0.25) is 0 Å². The Labute approximate surface area is 152 Å². The molecule has 0 aliphatic rings. The molecule has 0 bridgehead atoms. The van der Waals surface area contributed by atoms with Crippen molar-refractivity contribution in [3.8, 4) is 0 Å². The van der Waals surface area contributed by atoms with Gasteiger partial charge in [0.05, 0.1) is 18.6 Å². The highest BCUT2D eigenvalue weighted by Gasteiger charge is 2.28. The summed E-state index contributed by atoms with van der Waals surface area (Å²) in [4.78, 5) is 33.4. The predicted octanol–water partition coefficient (Wildman–Crippen LogP) is 1.14. The molecule has 4 N–H and O–H groups in total. The molecule has 0 spiro atoms. The van der Waals surface area contributed by atoms with Crippen LogP contribution in [0.25, 0.3) is 0 Å². The smallest absolute Gasteiger partial charge is 0.330 e. The molecule has 0 atom stereocenters. The molecule has 0 aromatic carbocycles. The summed E-state index contributed by atoms with van der Waals surface area (Å²) in [7, 11) is 0. The Balaban J connectivity index is 5.33. The van der Waals surface area contributed by atoms with Gasteiger partial charge < -0.3 is 25.2 Å². The number of ether oxygens (including phenoxy) is 1. The summed E-state index contributed by atoms with van der Waals surface area (Å²) in [6, 6.07) is 0. The molecule has 0 aliphatic carbocycles. The Kier molecular flexibility index (Phi) is 10.2. The zero-order chi connectivity index (χ0) is 20.2. The minimum absolute atomic E-state index is 0.186. The average molecular weight is 370 g/mol. The second-order valence-electron chi connectivity index (χ2n) is 5.92. The number of carbonyl (C=O) groups excluding carboxylic acids is 1. The molecule has 0 fully saturated rings. The van der Waals surface area contributed by atoms with Gasteiger partial charge >= 0.3 is 17.9 Å². The van der Waals surface area contributed by atoms with Crippen molar-refractivity contribution in [1.29, 1.82) is 0 Å². The predicted molar refractivity (Wildman–Crippen MR) is 93.3 cm³/mol. The molecule has 8 nitrogen and oxygen atoms in total. The topological polar surface area (TPSA) is 141 Å². The molecule has 0 saturated heterocycles. The van der Waals surface area contributed by atoms with Crippen molar-refractivity contribution in [3.63, 3.8) is 0 Å². The fraction of sp³-hybridized carbons (Fsp3) is 0.500. The van der Waals surface area contributed by atoms with Gasteiger partial charge in [0.2, 0.25) is 0 Å². The number of allylic oxidation sites excluding steroid dienone is 3. The summed E-state index contributed by atoms with van der Waals surface area (Å²) < 4.78 is 5.04. The van der Waals surface area contributed by atoms with E-state index in [1.807, 2.05) is 0 Å². The number of aliphatic carboxylic acids is 2. The van der Waals surface area contributed by atoms with E-state index in [0.29, 0.717) is 12.8 Å². The van der Waals surface area contributed by atoms with Crippen LogP contribution in [0.15, 0.2) is 36.5 Å². The van der Waals surface area contributed by atoms with Crippen LogP contribution in [0.1, 0.15) is 26.7 Å². The van der Waals surface area contributed by atoms with Crippen LogP contribution in [0, 0.1) is 10.8 Å². The van der Waals surface area contributed by atoms with Gasteiger partial charge in [-0.3, -0.25) is 0 Å². The van der Waals surface area contributed by atoms with Gasteiger partial charge in [0.1, 0.15) is 6.61 Å². The standard InChI is InChI=1S/C18H26O8/c1-3-17(8-5-14(21)22,9-6-15(23)24)10-7-16(25)26-13-18(4-2,11-19)12-20/h5-10,19-20H,3-4,11-13H2,1-2H3,(H,21,22)(H,23,24). The largest absolute Gasteiger partial charge is 0.478 e. The van der Waals surface area contributed by atoms with Gasteiger partial charge in [-0.15, -0.1) is 0 Å². The van der Waals surface area contributed by atoms with Gasteiger partial charge in [0, 0.05) is 23.6 Å². The quantitative estimate of drug-likeness (QED) is 0.296. The van der Waals surface area contributed by atoms with Crippen molar-refractivity contribution in [1.82, 2.24) is 0 Å². The zero-order valence-electron chi connectivity index (χ0n) is 14.9. The number of rotatable bonds is 12. The number of hydrogen-bond acceptors (Lipinski definition) is 6. The summed E-state index contributed by atoms with van der Waals surface area (Å²) in [5, 5.41) is 36.2. The Morgan fingerprint density at radius 2 is 1.31 bits per heavy atom. The van der Waals surface area contributed by atoms with Crippen LogP contribution < -0.4 is 0 Å². The van der Waals surface area contributed by atoms with E-state index in [2.05, 4.69) is 0 Å². The molecular weight excluding hydrogens is 344 g/mol. The van der Waals surface area contributed by atoms with Crippen LogP contribution in [0.5, 0.6) is 0 Å². The lowest BCUT2D eigenvalue weighted by Gasteiger charge is -2.27. The highest BCUT2D eigenvalue weighted by molar-refractivity contribution is 5.83. The van der Waals surface area contributed by atoms with E-state index in [-0.39, 0.29) is 19.8 Å². The van der Waals surface area contributed by atoms with E-state index in [1.54, 1.807) is 13.8 Å². The lowest BCUT2D eigenvalue weighted by atomic mass is 9.83.